The molecule has 3 aliphatic heterocycles. The second kappa shape index (κ2) is 7.13. The van der Waals surface area contributed by atoms with Crippen molar-refractivity contribution in [2.45, 2.75) is 56.9 Å². The zero-order valence-electron chi connectivity index (χ0n) is 16.6. The molecule has 4 aliphatic rings. The third-order valence-electron chi connectivity index (χ3n) is 7.24. The first kappa shape index (κ1) is 19.1. The van der Waals surface area contributed by atoms with Crippen LogP contribution < -0.4 is 5.32 Å². The number of nitrogens with one attached hydrogen (secondary N) is 1. The van der Waals surface area contributed by atoms with E-state index in [4.69, 9.17) is 16.3 Å². The van der Waals surface area contributed by atoms with Crippen LogP contribution in [-0.4, -0.2) is 41.0 Å². The van der Waals surface area contributed by atoms with Crippen LogP contribution in [0.15, 0.2) is 36.4 Å². The fraction of sp³-hybridized carbons (Fsp3) is 0.565. The van der Waals surface area contributed by atoms with Gasteiger partial charge in [-0.3, -0.25) is 9.59 Å². The van der Waals surface area contributed by atoms with Crippen LogP contribution >= 0.6 is 11.6 Å². The van der Waals surface area contributed by atoms with E-state index in [9.17, 15) is 9.59 Å². The van der Waals surface area contributed by atoms with Gasteiger partial charge in [-0.2, -0.15) is 0 Å². The van der Waals surface area contributed by atoms with Gasteiger partial charge in [0.25, 0.3) is 0 Å². The number of hydrogen-bond acceptors (Lipinski definition) is 3. The highest BCUT2D eigenvalue weighted by molar-refractivity contribution is 6.31. The monoisotopic (exact) mass is 414 g/mol. The predicted octanol–water partition coefficient (Wildman–Crippen LogP) is 3.32. The number of benzene rings is 1. The Bertz CT molecular complexity index is 871. The molecule has 29 heavy (non-hydrogen) atoms. The first-order chi connectivity index (χ1) is 14.0. The first-order valence-electron chi connectivity index (χ1n) is 10.7. The molecule has 5 nitrogen and oxygen atoms in total. The molecule has 1 saturated carbocycles. The highest BCUT2D eigenvalue weighted by atomic mass is 35.5. The Balaban J connectivity index is 1.35. The summed E-state index contributed by atoms with van der Waals surface area (Å²) in [5, 5.41) is 3.90. The van der Waals surface area contributed by atoms with Crippen molar-refractivity contribution in [2.24, 2.45) is 17.8 Å². The Morgan fingerprint density at radius 3 is 2.90 bits per heavy atom. The summed E-state index contributed by atoms with van der Waals surface area (Å²) in [5.74, 6) is -0.448. The lowest BCUT2D eigenvalue weighted by atomic mass is 9.76. The molecule has 2 bridgehead atoms. The highest BCUT2D eigenvalue weighted by Crippen LogP contribution is 2.52. The van der Waals surface area contributed by atoms with Crippen molar-refractivity contribution in [3.63, 3.8) is 0 Å². The van der Waals surface area contributed by atoms with Gasteiger partial charge in [0.2, 0.25) is 11.8 Å². The number of likely N-dealkylation sites (tertiary alicyclic amines) is 1. The molecule has 3 heterocycles. The third kappa shape index (κ3) is 3.10. The minimum atomic E-state index is -0.677. The Labute approximate surface area is 176 Å². The predicted molar refractivity (Wildman–Crippen MR) is 110 cm³/mol. The van der Waals surface area contributed by atoms with Crippen molar-refractivity contribution >= 4 is 23.4 Å². The molecule has 1 aromatic carbocycles. The molecule has 1 spiro atoms. The second-order valence-corrected chi connectivity index (χ2v) is 9.47. The van der Waals surface area contributed by atoms with Gasteiger partial charge in [0.05, 0.1) is 24.5 Å². The van der Waals surface area contributed by atoms with Crippen LogP contribution in [0.1, 0.15) is 38.2 Å². The molecular weight excluding hydrogens is 388 g/mol. The lowest BCUT2D eigenvalue weighted by molar-refractivity contribution is -0.138. The summed E-state index contributed by atoms with van der Waals surface area (Å²) in [6.45, 7) is 3.11. The van der Waals surface area contributed by atoms with Gasteiger partial charge in [-0.1, -0.05) is 61.7 Å². The molecule has 1 aliphatic carbocycles. The molecule has 1 N–H and O–H groups in total. The van der Waals surface area contributed by atoms with Crippen LogP contribution in [0.3, 0.4) is 0 Å². The first-order valence-corrected chi connectivity index (χ1v) is 11.1. The summed E-state index contributed by atoms with van der Waals surface area (Å²) in [4.78, 5) is 28.4. The van der Waals surface area contributed by atoms with Gasteiger partial charge >= 0.3 is 0 Å². The van der Waals surface area contributed by atoms with Gasteiger partial charge in [0.1, 0.15) is 5.60 Å². The lowest BCUT2D eigenvalue weighted by Gasteiger charge is -2.32. The number of hydrogen-bond donors (Lipinski definition) is 1. The van der Waals surface area contributed by atoms with Gasteiger partial charge in [0, 0.05) is 17.6 Å². The summed E-state index contributed by atoms with van der Waals surface area (Å²) in [6, 6.07) is 7.77. The Morgan fingerprint density at radius 1 is 1.31 bits per heavy atom. The number of nitrogens with zero attached hydrogens (tertiary/aromatic N) is 1. The summed E-state index contributed by atoms with van der Waals surface area (Å²) in [6.07, 6.45) is 8.21. The van der Waals surface area contributed by atoms with E-state index in [-0.39, 0.29) is 24.0 Å². The SMILES string of the molecule is C[C@H]1CCCC[C@H]1NC(=O)[C@@H]1[C@H]2C=C[C@]3(CN(Cc4ccccc4Cl)C(=O)[C@@H]13)O2. The number of ether oxygens (including phenoxy) is 1. The fourth-order valence-corrected chi connectivity index (χ4v) is 5.85. The van der Waals surface area contributed by atoms with E-state index in [0.29, 0.717) is 24.0 Å². The number of rotatable bonds is 4. The molecule has 2 saturated heterocycles. The smallest absolute Gasteiger partial charge is 0.230 e. The van der Waals surface area contributed by atoms with E-state index in [1.807, 2.05) is 36.4 Å². The topological polar surface area (TPSA) is 58.6 Å². The number of halogens is 1. The summed E-state index contributed by atoms with van der Waals surface area (Å²) >= 11 is 6.30. The van der Waals surface area contributed by atoms with E-state index >= 15 is 0 Å². The molecule has 5 rings (SSSR count). The Hall–Kier alpha value is -1.85. The van der Waals surface area contributed by atoms with E-state index in [0.717, 1.165) is 24.8 Å². The Morgan fingerprint density at radius 2 is 2.10 bits per heavy atom. The van der Waals surface area contributed by atoms with Gasteiger partial charge in [-0.05, 0) is 30.4 Å². The quantitative estimate of drug-likeness (QED) is 0.769. The largest absolute Gasteiger partial charge is 0.360 e. The second-order valence-electron chi connectivity index (χ2n) is 9.06. The number of carbonyl (C=O) groups is 2. The molecule has 154 valence electrons. The van der Waals surface area contributed by atoms with Crippen molar-refractivity contribution in [3.8, 4) is 0 Å². The van der Waals surface area contributed by atoms with Gasteiger partial charge in [-0.25, -0.2) is 0 Å². The van der Waals surface area contributed by atoms with Crippen LogP contribution in [0, 0.1) is 17.8 Å². The molecule has 1 aromatic rings. The molecule has 6 atom stereocenters. The zero-order valence-corrected chi connectivity index (χ0v) is 17.4. The van der Waals surface area contributed by atoms with Crippen molar-refractivity contribution < 1.29 is 14.3 Å². The number of fused-ring (bicyclic) bond motifs is 1. The van der Waals surface area contributed by atoms with Gasteiger partial charge in [0.15, 0.2) is 0 Å². The molecule has 0 unspecified atom stereocenters. The minimum absolute atomic E-state index is 0.00591. The fourth-order valence-electron chi connectivity index (χ4n) is 5.65. The molecule has 6 heteroatoms. The third-order valence-corrected chi connectivity index (χ3v) is 7.61. The zero-order chi connectivity index (χ0) is 20.2. The van der Waals surface area contributed by atoms with E-state index < -0.39 is 17.4 Å². The summed E-state index contributed by atoms with van der Waals surface area (Å²) < 4.78 is 6.23. The average molecular weight is 415 g/mol. The van der Waals surface area contributed by atoms with Crippen molar-refractivity contribution in [2.75, 3.05) is 6.54 Å². The summed E-state index contributed by atoms with van der Waals surface area (Å²) in [5.41, 5.74) is 0.234. The van der Waals surface area contributed by atoms with Crippen molar-refractivity contribution in [3.05, 3.63) is 47.0 Å². The van der Waals surface area contributed by atoms with E-state index in [1.165, 1.54) is 6.42 Å². The molecular formula is C23H27ClN2O3. The molecule has 3 fully saturated rings. The van der Waals surface area contributed by atoms with E-state index in [2.05, 4.69) is 12.2 Å². The average Bonchev–Trinajstić information content (AvgIpc) is 3.34. The lowest BCUT2D eigenvalue weighted by Crippen LogP contribution is -2.49. The van der Waals surface area contributed by atoms with Gasteiger partial charge < -0.3 is 15.0 Å². The maximum Gasteiger partial charge on any atom is 0.230 e. The minimum Gasteiger partial charge on any atom is -0.360 e. The van der Waals surface area contributed by atoms with Crippen LogP contribution in [0.5, 0.6) is 0 Å². The molecule has 0 radical (unpaired) electrons. The molecule has 0 aromatic heterocycles. The van der Waals surface area contributed by atoms with Crippen molar-refractivity contribution in [1.29, 1.82) is 0 Å². The maximum absolute atomic E-state index is 13.3. The van der Waals surface area contributed by atoms with Crippen LogP contribution in [-0.2, 0) is 20.9 Å². The van der Waals surface area contributed by atoms with Crippen LogP contribution in [0.25, 0.3) is 0 Å². The molecule has 2 amide bonds. The number of carbonyl (C=O) groups excluding carboxylic acids is 2. The standard InChI is InChI=1S/C23H27ClN2O3/c1-14-6-2-5-9-17(14)25-21(27)19-18-10-11-23(29-18)13-26(22(28)20(19)23)12-15-7-3-4-8-16(15)24/h3-4,7-8,10-11,14,17-20H,2,5-6,9,12-13H2,1H3,(H,25,27)/t14-,17+,18+,19+,20+,23+/m0/s1. The van der Waals surface area contributed by atoms with Crippen LogP contribution in [0.4, 0.5) is 0 Å². The number of amides is 2. The Kier molecular flexibility index (Phi) is 4.71. The highest BCUT2D eigenvalue weighted by Gasteiger charge is 2.66. The van der Waals surface area contributed by atoms with Gasteiger partial charge in [-0.15, -0.1) is 0 Å². The van der Waals surface area contributed by atoms with Crippen molar-refractivity contribution in [1.82, 2.24) is 10.2 Å². The normalized spacial score (nSPS) is 37.8. The van der Waals surface area contributed by atoms with E-state index in [1.54, 1.807) is 4.90 Å². The summed E-state index contributed by atoms with van der Waals surface area (Å²) in [7, 11) is 0. The van der Waals surface area contributed by atoms with Crippen LogP contribution in [0.2, 0.25) is 5.02 Å². The maximum atomic E-state index is 13.3.